The van der Waals surface area contributed by atoms with Gasteiger partial charge in [-0.2, -0.15) is 0 Å². The third-order valence-electron chi connectivity index (χ3n) is 22.4. The van der Waals surface area contributed by atoms with Crippen molar-refractivity contribution in [3.63, 3.8) is 0 Å². The van der Waals surface area contributed by atoms with Gasteiger partial charge in [0.05, 0.1) is 65.6 Å². The highest BCUT2D eigenvalue weighted by atomic mass is 16.8. The molecule has 54 heteroatoms. The van der Waals surface area contributed by atoms with Gasteiger partial charge in [0.2, 0.25) is 23.6 Å². The molecule has 10 fully saturated rings. The molecule has 54 nitrogen and oxygen atoms in total. The first kappa shape index (κ1) is 100. The van der Waals surface area contributed by atoms with Gasteiger partial charge in [0, 0.05) is 27.7 Å². The van der Waals surface area contributed by atoms with Crippen molar-refractivity contribution in [2.45, 2.75) is 341 Å². The topological polar surface area (TPSA) is 838 Å². The lowest BCUT2D eigenvalue weighted by Crippen LogP contribution is -2.71. The van der Waals surface area contributed by atoms with Gasteiger partial charge >= 0.3 is 0 Å². The number of ether oxygens (including phenoxy) is 19. The van der Waals surface area contributed by atoms with E-state index in [1.54, 1.807) is 0 Å². The minimum Gasteiger partial charge on any atom is -0.394 e. The van der Waals surface area contributed by atoms with E-state index in [0.29, 0.717) is 0 Å². The average molecular weight is 1790 g/mol. The van der Waals surface area contributed by atoms with Crippen molar-refractivity contribution in [2.75, 3.05) is 59.5 Å². The summed E-state index contributed by atoms with van der Waals surface area (Å²) in [5, 5.41) is 310. The summed E-state index contributed by atoms with van der Waals surface area (Å²) in [6.45, 7) is -4.83. The minimum atomic E-state index is -2.63. The Bertz CT molecular complexity index is 3290. The van der Waals surface area contributed by atoms with Crippen molar-refractivity contribution < 1.29 is 247 Å². The number of hydrogen-bond donors (Lipinski definition) is 31. The second kappa shape index (κ2) is 43.6. The highest BCUT2D eigenvalue weighted by Crippen LogP contribution is 2.41. The Morgan fingerprint density at radius 3 is 0.893 bits per heavy atom. The van der Waals surface area contributed by atoms with E-state index in [0.717, 1.165) is 27.7 Å². The molecule has 0 aromatic rings. The van der Waals surface area contributed by atoms with E-state index in [1.807, 2.05) is 0 Å². The van der Waals surface area contributed by atoms with Gasteiger partial charge in [-0.3, -0.25) is 19.2 Å². The van der Waals surface area contributed by atoms with Crippen LogP contribution in [-0.2, 0) is 109 Å². The highest BCUT2D eigenvalue weighted by molar-refractivity contribution is 5.74. The molecule has 122 heavy (non-hydrogen) atoms. The van der Waals surface area contributed by atoms with Crippen LogP contribution in [0.5, 0.6) is 0 Å². The first-order valence-electron chi connectivity index (χ1n) is 39.0. The number of aliphatic hydroxyl groups is 27. The predicted octanol–water partition coefficient (Wildman–Crippen LogP) is -21.2. The summed E-state index contributed by atoms with van der Waals surface area (Å²) in [6, 6.07) is -7.69. The fraction of sp³-hybridized carbons (Fsp3) is 0.941. The quantitative estimate of drug-likeness (QED) is 0.0306. The van der Waals surface area contributed by atoms with E-state index in [1.165, 1.54) is 6.92 Å². The lowest BCUT2D eigenvalue weighted by Gasteiger charge is -2.51. The molecular weight excluding hydrogens is 1670 g/mol. The third-order valence-corrected chi connectivity index (χ3v) is 22.4. The summed E-state index contributed by atoms with van der Waals surface area (Å²) in [5.74, 6) is -3.76. The fourth-order valence-electron chi connectivity index (χ4n) is 15.8. The molecule has 10 saturated heterocycles. The molecule has 10 aliphatic heterocycles. The maximum atomic E-state index is 13.3. The van der Waals surface area contributed by atoms with Crippen LogP contribution in [0.4, 0.5) is 0 Å². The van der Waals surface area contributed by atoms with E-state index in [2.05, 4.69) is 21.3 Å². The Hall–Kier alpha value is -3.96. The molecule has 1 unspecified atom stereocenters. The zero-order valence-electron chi connectivity index (χ0n) is 65.7. The SMILES string of the molecule is CC(=O)N[C@H]1[C@H](O[C@H]2[C@H](O)[C@@H](NC(C)=O)C(O)O[C@@H]2CO[C@@H]2O[C@@H](C)[C@@H](O)[C@@H](O)[C@@H]2O)O[C@H](CO)[C@@H](O[C@@H]2O[C@H](CO[C@H]3O[C@H](CO)[C@@H](O)[C@H](O)[C@@H]3O[C@@H]3O[C@H](CO)[C@@H](O[C@@H]4O[C@H](CO)[C@H](O)[C@H](O)[C@H]4O)[C@H](O)[C@H]3NC(C)=O)[C@@H](O)[C@H](O[C@H]3O[C@H](CO)[C@@H](O)[C@H](O)[C@@H]3O[C@@H]3O[C@H](CO)[C@@H](O[C@@H]4O[C@H](CO)[C@H](O)[C@H](O)[C@H]4O)[C@H](O)[C@H]3NC(C)=O)[C@@H]2O)[C@@H]1O. The van der Waals surface area contributed by atoms with Crippen molar-refractivity contribution in [2.24, 2.45) is 0 Å². The number of carbonyl (C=O) groups excluding carboxylic acids is 4. The largest absolute Gasteiger partial charge is 0.394 e. The zero-order valence-corrected chi connectivity index (χ0v) is 65.7. The Kier molecular flexibility index (Phi) is 35.8. The van der Waals surface area contributed by atoms with Gasteiger partial charge in [-0.25, -0.2) is 0 Å². The summed E-state index contributed by atoms with van der Waals surface area (Å²) in [7, 11) is 0. The van der Waals surface area contributed by atoms with Crippen molar-refractivity contribution in [1.82, 2.24) is 21.3 Å². The molecule has 31 N–H and O–H groups in total. The van der Waals surface area contributed by atoms with Gasteiger partial charge in [-0.1, -0.05) is 0 Å². The van der Waals surface area contributed by atoms with Crippen molar-refractivity contribution in [3.05, 3.63) is 0 Å². The highest BCUT2D eigenvalue weighted by Gasteiger charge is 2.62. The maximum Gasteiger partial charge on any atom is 0.217 e. The molecule has 0 aliphatic carbocycles. The van der Waals surface area contributed by atoms with E-state index in [4.69, 9.17) is 90.0 Å². The Labute approximate surface area is 691 Å². The number of hydrogen-bond acceptors (Lipinski definition) is 50. The summed E-state index contributed by atoms with van der Waals surface area (Å²) >= 11 is 0. The standard InChI is InChI=1S/C68H114N4O50/c1-15-33(84)43(94)48(99)63(106-15)104-14-28-55(39(90)29(59(103)107-28)69-16(2)80)116-60-30(70-17(3)81)40(91)54(26(12-79)112-60)119-66-51(102)56(120-68-58(47(98)37(88)23(9-76)111-68)122-62-32(72-19(5)83)42(93)53(25(11-78)114-62)118-65-50(101)45(96)35(86)21(7-74)109-65)38(89)27(115-66)13-105-67-57(46(97)36(87)22(8-75)110-67)121-61-31(71-18(4)82)41(92)52(24(10-77)113-61)117-64-49(100)44(95)34(85)20(6-73)108-64/h15,20-68,73-79,84-103H,6-14H2,1-5H3,(H,69,80)(H,70,81)(H,71,82)(H,72,83)/t15-,20+,21+,22+,23+,24+,25+,26+,27+,28+,29+,30+,31+,32+,33+,34-,35-,36+,37+,38+,39+,40+,41+,42+,43+,44-,45-,46-,47-,48-,49+,50+,51-,52+,53+,54+,55+,56-,57-,58-,59?,60-,61-,62-,63+,64-,65-,66-,67-,68+/m0/s1. The number of rotatable bonds is 31. The molecule has 0 spiro atoms. The van der Waals surface area contributed by atoms with E-state index < -0.39 is 390 Å². The van der Waals surface area contributed by atoms with Gasteiger partial charge in [0.25, 0.3) is 0 Å². The van der Waals surface area contributed by atoms with Crippen LogP contribution in [-0.4, -0.2) is 528 Å². The molecule has 0 saturated carbocycles. The molecule has 0 radical (unpaired) electrons. The molecule has 0 aromatic heterocycles. The summed E-state index contributed by atoms with van der Waals surface area (Å²) < 4.78 is 113. The molecule has 10 aliphatic rings. The number of aliphatic hydroxyl groups excluding tert-OH is 27. The fourth-order valence-corrected chi connectivity index (χ4v) is 15.8. The van der Waals surface area contributed by atoms with Crippen molar-refractivity contribution in [1.29, 1.82) is 0 Å². The lowest BCUT2D eigenvalue weighted by atomic mass is 9.93. The van der Waals surface area contributed by atoms with Gasteiger partial charge < -0.3 is 249 Å². The number of nitrogens with one attached hydrogen (secondary N) is 4. The lowest BCUT2D eigenvalue weighted by molar-refractivity contribution is -0.399. The smallest absolute Gasteiger partial charge is 0.217 e. The zero-order chi connectivity index (χ0) is 89.8. The predicted molar refractivity (Wildman–Crippen MR) is 375 cm³/mol. The van der Waals surface area contributed by atoms with Gasteiger partial charge in [0.1, 0.15) is 238 Å². The maximum absolute atomic E-state index is 13.3. The Morgan fingerprint density at radius 2 is 0.500 bits per heavy atom. The molecule has 50 atom stereocenters. The molecule has 706 valence electrons. The first-order chi connectivity index (χ1) is 57.7. The van der Waals surface area contributed by atoms with Gasteiger partial charge in [-0.15, -0.1) is 0 Å². The molecule has 10 heterocycles. The van der Waals surface area contributed by atoms with Gasteiger partial charge in [0.15, 0.2) is 62.9 Å². The van der Waals surface area contributed by atoms with Gasteiger partial charge in [-0.05, 0) is 6.92 Å². The third kappa shape index (κ3) is 22.0. The monoisotopic (exact) mass is 1790 g/mol. The van der Waals surface area contributed by atoms with Crippen LogP contribution in [0.3, 0.4) is 0 Å². The van der Waals surface area contributed by atoms with Crippen LogP contribution in [0.25, 0.3) is 0 Å². The number of carbonyl (C=O) groups is 4. The average Bonchev–Trinajstić information content (AvgIpc) is 0.760. The van der Waals surface area contributed by atoms with E-state index >= 15 is 0 Å². The van der Waals surface area contributed by atoms with Crippen LogP contribution in [0.1, 0.15) is 34.6 Å². The van der Waals surface area contributed by atoms with Crippen LogP contribution < -0.4 is 21.3 Å². The normalized spacial score (nSPS) is 49.7. The summed E-state index contributed by atoms with van der Waals surface area (Å²) in [4.78, 5) is 51.6. The first-order valence-corrected chi connectivity index (χ1v) is 39.0. The molecule has 0 bridgehead atoms. The van der Waals surface area contributed by atoms with E-state index in [-0.39, 0.29) is 0 Å². The minimum absolute atomic E-state index is 0.846. The second-order valence-electron chi connectivity index (χ2n) is 31.0. The van der Waals surface area contributed by atoms with Crippen molar-refractivity contribution in [3.8, 4) is 0 Å². The number of amides is 4. The van der Waals surface area contributed by atoms with Crippen LogP contribution in [0.2, 0.25) is 0 Å². The van der Waals surface area contributed by atoms with Crippen molar-refractivity contribution >= 4 is 23.6 Å². The second-order valence-corrected chi connectivity index (χ2v) is 31.0. The van der Waals surface area contributed by atoms with Crippen LogP contribution in [0.15, 0.2) is 0 Å². The molecule has 4 amide bonds. The van der Waals surface area contributed by atoms with Crippen LogP contribution >= 0.6 is 0 Å². The summed E-state index contributed by atoms with van der Waals surface area (Å²) in [6.07, 6.45) is -95.2. The Balaban J connectivity index is 0.983. The van der Waals surface area contributed by atoms with E-state index in [9.17, 15) is 157 Å². The van der Waals surface area contributed by atoms with Crippen LogP contribution in [0, 0.1) is 0 Å². The molecule has 10 rings (SSSR count). The Morgan fingerprint density at radius 1 is 0.230 bits per heavy atom. The summed E-state index contributed by atoms with van der Waals surface area (Å²) in [5.41, 5.74) is 0. The molecular formula is C68H114N4O50. The molecule has 0 aromatic carbocycles.